The predicted molar refractivity (Wildman–Crippen MR) is 105 cm³/mol. The lowest BCUT2D eigenvalue weighted by Gasteiger charge is -2.03. The highest BCUT2D eigenvalue weighted by atomic mass is 16.5. The van der Waals surface area contributed by atoms with Gasteiger partial charge in [0.15, 0.2) is 11.5 Å². The zero-order valence-corrected chi connectivity index (χ0v) is 15.6. The highest BCUT2D eigenvalue weighted by Gasteiger charge is 2.21. The number of nitrogens with zero attached hydrogens (tertiary/aromatic N) is 3. The van der Waals surface area contributed by atoms with Crippen LogP contribution in [0.4, 0.5) is 0 Å². The number of rotatable bonds is 6. The third kappa shape index (κ3) is 3.37. The molecule has 2 aromatic heterocycles. The number of imidazole rings is 1. The van der Waals surface area contributed by atoms with Crippen LogP contribution in [0.1, 0.15) is 23.0 Å². The molecule has 6 nitrogen and oxygen atoms in total. The van der Waals surface area contributed by atoms with Crippen LogP contribution in [0.5, 0.6) is 0 Å². The van der Waals surface area contributed by atoms with Crippen molar-refractivity contribution >= 4 is 5.78 Å². The summed E-state index contributed by atoms with van der Waals surface area (Å²) in [5, 5.41) is 4.25. The number of ketones is 1. The summed E-state index contributed by atoms with van der Waals surface area (Å²) < 4.78 is 12.7. The molecular formula is C22H19N3O3. The Hall–Kier alpha value is -3.51. The molecule has 0 radical (unpaired) electrons. The van der Waals surface area contributed by atoms with Gasteiger partial charge in [-0.2, -0.15) is 0 Å². The molecule has 6 heteroatoms. The maximum Gasteiger partial charge on any atom is 0.172 e. The molecule has 2 aromatic carbocycles. The molecule has 140 valence electrons. The molecule has 0 fully saturated rings. The van der Waals surface area contributed by atoms with Gasteiger partial charge in [-0.1, -0.05) is 35.5 Å². The number of hydrogen-bond acceptors (Lipinski definition) is 5. The maximum atomic E-state index is 11.5. The Labute approximate surface area is 162 Å². The topological polar surface area (TPSA) is 70.2 Å². The van der Waals surface area contributed by atoms with Crippen LogP contribution in [0.3, 0.4) is 0 Å². The minimum absolute atomic E-state index is 0.0408. The van der Waals surface area contributed by atoms with Crippen LogP contribution in [-0.4, -0.2) is 27.6 Å². The van der Waals surface area contributed by atoms with Crippen molar-refractivity contribution in [2.75, 3.05) is 7.11 Å². The van der Waals surface area contributed by atoms with E-state index >= 15 is 0 Å². The number of carbonyl (C=O) groups is 1. The molecule has 0 unspecified atom stereocenters. The van der Waals surface area contributed by atoms with Crippen molar-refractivity contribution < 1.29 is 14.1 Å². The van der Waals surface area contributed by atoms with E-state index < -0.39 is 0 Å². The average molecular weight is 373 g/mol. The van der Waals surface area contributed by atoms with E-state index in [4.69, 9.17) is 9.26 Å². The van der Waals surface area contributed by atoms with Crippen molar-refractivity contribution in [3.8, 4) is 28.2 Å². The number of aromatic nitrogens is 3. The van der Waals surface area contributed by atoms with Gasteiger partial charge < -0.3 is 13.8 Å². The summed E-state index contributed by atoms with van der Waals surface area (Å²) in [6.07, 6.45) is 3.65. The van der Waals surface area contributed by atoms with Gasteiger partial charge in [-0.05, 0) is 31.2 Å². The molecule has 0 aliphatic heterocycles. The first-order valence-electron chi connectivity index (χ1n) is 8.86. The van der Waals surface area contributed by atoms with Crippen molar-refractivity contribution in [1.29, 1.82) is 0 Å². The smallest absolute Gasteiger partial charge is 0.172 e. The van der Waals surface area contributed by atoms with Crippen LogP contribution in [0.2, 0.25) is 0 Å². The second-order valence-corrected chi connectivity index (χ2v) is 6.40. The number of ether oxygens (including phenoxy) is 1. The van der Waals surface area contributed by atoms with Crippen LogP contribution in [0.15, 0.2) is 71.6 Å². The van der Waals surface area contributed by atoms with Gasteiger partial charge in [0.1, 0.15) is 12.3 Å². The fourth-order valence-corrected chi connectivity index (χ4v) is 3.07. The van der Waals surface area contributed by atoms with Gasteiger partial charge in [0.25, 0.3) is 0 Å². The summed E-state index contributed by atoms with van der Waals surface area (Å²) in [6, 6.07) is 17.2. The quantitative estimate of drug-likeness (QED) is 0.464. The zero-order chi connectivity index (χ0) is 19.5. The van der Waals surface area contributed by atoms with Crippen molar-refractivity contribution in [3.63, 3.8) is 0 Å². The molecule has 4 aromatic rings. The van der Waals surface area contributed by atoms with Crippen molar-refractivity contribution in [2.24, 2.45) is 0 Å². The number of Topliss-reactive ketones (excluding diaryl/α,β-unsaturated/α-hetero) is 1. The van der Waals surface area contributed by atoms with Gasteiger partial charge in [-0.25, -0.2) is 4.98 Å². The molecule has 0 aliphatic rings. The molecule has 0 bridgehead atoms. The van der Waals surface area contributed by atoms with Gasteiger partial charge >= 0.3 is 0 Å². The van der Waals surface area contributed by atoms with Gasteiger partial charge in [0.2, 0.25) is 0 Å². The standard InChI is InChI=1S/C22H19N3O3/c1-15(26)16-8-10-18(11-9-16)25-12-19(23-14-25)21-20(13-27-2)28-24-22(21)17-6-4-3-5-7-17/h3-12,14H,13H2,1-2H3. The molecule has 0 saturated heterocycles. The normalized spacial score (nSPS) is 10.9. The number of carbonyl (C=O) groups excluding carboxylic acids is 1. The van der Waals surface area contributed by atoms with Crippen molar-refractivity contribution in [3.05, 3.63) is 78.4 Å². The molecule has 0 saturated carbocycles. The van der Waals surface area contributed by atoms with Crippen LogP contribution < -0.4 is 0 Å². The average Bonchev–Trinajstić information content (AvgIpc) is 3.36. The van der Waals surface area contributed by atoms with Gasteiger partial charge in [-0.3, -0.25) is 4.79 Å². The number of hydrogen-bond donors (Lipinski definition) is 0. The third-order valence-electron chi connectivity index (χ3n) is 4.50. The van der Waals surface area contributed by atoms with E-state index in [1.807, 2.05) is 65.4 Å². The van der Waals surface area contributed by atoms with Crippen molar-refractivity contribution in [2.45, 2.75) is 13.5 Å². The minimum Gasteiger partial charge on any atom is -0.377 e. The Morgan fingerprint density at radius 3 is 2.54 bits per heavy atom. The Bertz CT molecular complexity index is 1100. The summed E-state index contributed by atoms with van der Waals surface area (Å²) in [7, 11) is 1.61. The Morgan fingerprint density at radius 2 is 1.86 bits per heavy atom. The first-order valence-corrected chi connectivity index (χ1v) is 8.86. The van der Waals surface area contributed by atoms with E-state index in [2.05, 4.69) is 10.1 Å². The second-order valence-electron chi connectivity index (χ2n) is 6.40. The lowest BCUT2D eigenvalue weighted by atomic mass is 10.0. The molecular weight excluding hydrogens is 354 g/mol. The first kappa shape index (κ1) is 17.9. The zero-order valence-electron chi connectivity index (χ0n) is 15.6. The van der Waals surface area contributed by atoms with Crippen LogP contribution in [0.25, 0.3) is 28.2 Å². The summed E-state index contributed by atoms with van der Waals surface area (Å²) in [5.74, 6) is 0.664. The fraction of sp³-hybridized carbons (Fsp3) is 0.136. The highest BCUT2D eigenvalue weighted by Crippen LogP contribution is 2.34. The first-order chi connectivity index (χ1) is 13.7. The highest BCUT2D eigenvalue weighted by molar-refractivity contribution is 5.94. The number of methoxy groups -OCH3 is 1. The molecule has 2 heterocycles. The van der Waals surface area contributed by atoms with E-state index in [9.17, 15) is 4.79 Å². The molecule has 0 aliphatic carbocycles. The minimum atomic E-state index is 0.0408. The lowest BCUT2D eigenvalue weighted by Crippen LogP contribution is -1.94. The SMILES string of the molecule is COCc1onc(-c2ccccc2)c1-c1cn(-c2ccc(C(C)=O)cc2)cn1. The molecule has 0 amide bonds. The molecule has 0 spiro atoms. The summed E-state index contributed by atoms with van der Waals surface area (Å²) >= 11 is 0. The Morgan fingerprint density at radius 1 is 1.11 bits per heavy atom. The monoisotopic (exact) mass is 373 g/mol. The van der Waals surface area contributed by atoms with E-state index in [1.165, 1.54) is 0 Å². The number of benzene rings is 2. The predicted octanol–water partition coefficient (Wildman–Crippen LogP) is 4.54. The summed E-state index contributed by atoms with van der Waals surface area (Å²) in [5.41, 5.74) is 4.82. The van der Waals surface area contributed by atoms with E-state index in [0.717, 1.165) is 28.2 Å². The van der Waals surface area contributed by atoms with Crippen LogP contribution >= 0.6 is 0 Å². The maximum absolute atomic E-state index is 11.5. The van der Waals surface area contributed by atoms with E-state index in [0.29, 0.717) is 17.9 Å². The van der Waals surface area contributed by atoms with E-state index in [1.54, 1.807) is 20.4 Å². The molecule has 0 atom stereocenters. The Balaban J connectivity index is 1.75. The second kappa shape index (κ2) is 7.62. The van der Waals surface area contributed by atoms with Gasteiger partial charge in [0.05, 0.1) is 17.6 Å². The largest absolute Gasteiger partial charge is 0.377 e. The van der Waals surface area contributed by atoms with Crippen LogP contribution in [-0.2, 0) is 11.3 Å². The summed E-state index contributed by atoms with van der Waals surface area (Å²) in [6.45, 7) is 1.86. The van der Waals surface area contributed by atoms with Crippen LogP contribution in [0, 0.1) is 0 Å². The van der Waals surface area contributed by atoms with Gasteiger partial charge in [-0.15, -0.1) is 0 Å². The lowest BCUT2D eigenvalue weighted by molar-refractivity contribution is 0.101. The van der Waals surface area contributed by atoms with E-state index in [-0.39, 0.29) is 5.78 Å². The molecule has 0 N–H and O–H groups in total. The third-order valence-corrected chi connectivity index (χ3v) is 4.50. The van der Waals surface area contributed by atoms with Gasteiger partial charge in [0, 0.05) is 30.1 Å². The summed E-state index contributed by atoms with van der Waals surface area (Å²) in [4.78, 5) is 16.0. The molecule has 4 rings (SSSR count). The fourth-order valence-electron chi connectivity index (χ4n) is 3.07. The Kier molecular flexibility index (Phi) is 4.87. The molecule has 28 heavy (non-hydrogen) atoms. The van der Waals surface area contributed by atoms with Crippen molar-refractivity contribution in [1.82, 2.24) is 14.7 Å².